The normalized spacial score (nSPS) is 11.7. The van der Waals surface area contributed by atoms with E-state index in [0.717, 1.165) is 0 Å². The molecule has 0 bridgehead atoms. The molecule has 0 atom stereocenters. The van der Waals surface area contributed by atoms with Crippen molar-refractivity contribution in [3.05, 3.63) is 60.0 Å². The highest BCUT2D eigenvalue weighted by molar-refractivity contribution is 5.99. The Labute approximate surface area is 134 Å². The lowest BCUT2D eigenvalue weighted by Gasteiger charge is -1.91. The highest BCUT2D eigenvalue weighted by Gasteiger charge is 2.12. The van der Waals surface area contributed by atoms with Crippen molar-refractivity contribution in [1.82, 2.24) is 9.97 Å². The molecule has 0 unspecified atom stereocenters. The maximum absolute atomic E-state index is 13.2. The third kappa shape index (κ3) is 2.32. The van der Waals surface area contributed by atoms with Crippen LogP contribution >= 0.6 is 0 Å². The van der Waals surface area contributed by atoms with Gasteiger partial charge in [-0.1, -0.05) is 18.2 Å². The molecule has 0 saturated heterocycles. The third-order valence-electron chi connectivity index (χ3n) is 3.71. The highest BCUT2D eigenvalue weighted by atomic mass is 19.1. The Kier molecular flexibility index (Phi) is 3.13. The van der Waals surface area contributed by atoms with E-state index in [2.05, 4.69) is 20.2 Å². The first-order chi connectivity index (χ1) is 11.6. The zero-order valence-electron chi connectivity index (χ0n) is 12.2. The molecule has 2 aromatic carbocycles. The average Bonchev–Trinajstić information content (AvgIpc) is 3.12. The van der Waals surface area contributed by atoms with Crippen molar-refractivity contribution in [2.24, 2.45) is 10.2 Å². The van der Waals surface area contributed by atoms with E-state index < -0.39 is 5.91 Å². The van der Waals surface area contributed by atoms with E-state index in [0.29, 0.717) is 21.8 Å². The summed E-state index contributed by atoms with van der Waals surface area (Å²) in [6.07, 6.45) is 0. The number of nitrogens with one attached hydrogen (secondary N) is 2. The predicted octanol–water partition coefficient (Wildman–Crippen LogP) is 4.42. The van der Waals surface area contributed by atoms with E-state index in [1.54, 1.807) is 24.3 Å². The Balaban J connectivity index is 1.69. The molecule has 118 valence electrons. The molecule has 0 aliphatic carbocycles. The van der Waals surface area contributed by atoms with E-state index in [1.807, 2.05) is 6.07 Å². The van der Waals surface area contributed by atoms with Crippen molar-refractivity contribution >= 4 is 33.4 Å². The number of H-pyrrole nitrogens is 2. The fourth-order valence-corrected chi connectivity index (χ4v) is 2.58. The molecule has 1 amide bonds. The number of rotatable bonds is 2. The standard InChI is InChI=1S/C17H11FN4O2/c18-10-5-6-12-9(7-10)8-14(19-12)16(23)22-21-15-11-3-1-2-4-13(11)20-17(15)24/h1-8,19-20,24H. The second-order valence-electron chi connectivity index (χ2n) is 5.29. The zero-order chi connectivity index (χ0) is 16.7. The first-order valence-electron chi connectivity index (χ1n) is 7.16. The summed E-state index contributed by atoms with van der Waals surface area (Å²) < 4.78 is 13.2. The molecule has 0 saturated carbocycles. The van der Waals surface area contributed by atoms with Crippen molar-refractivity contribution in [3.8, 4) is 5.88 Å². The predicted molar refractivity (Wildman–Crippen MR) is 87.1 cm³/mol. The first kappa shape index (κ1) is 14.1. The van der Waals surface area contributed by atoms with E-state index in [9.17, 15) is 14.3 Å². The summed E-state index contributed by atoms with van der Waals surface area (Å²) in [6.45, 7) is 0. The van der Waals surface area contributed by atoms with E-state index >= 15 is 0 Å². The fraction of sp³-hybridized carbons (Fsp3) is 0. The third-order valence-corrected chi connectivity index (χ3v) is 3.71. The molecular weight excluding hydrogens is 311 g/mol. The van der Waals surface area contributed by atoms with Crippen molar-refractivity contribution in [2.75, 3.05) is 0 Å². The van der Waals surface area contributed by atoms with Gasteiger partial charge in [0.1, 0.15) is 11.5 Å². The van der Waals surface area contributed by atoms with Crippen LogP contribution in [0.25, 0.3) is 21.8 Å². The van der Waals surface area contributed by atoms with Gasteiger partial charge in [-0.3, -0.25) is 4.79 Å². The van der Waals surface area contributed by atoms with Gasteiger partial charge in [-0.15, -0.1) is 10.2 Å². The number of carbonyl (C=O) groups excluding carboxylic acids is 1. The van der Waals surface area contributed by atoms with Crippen LogP contribution in [0.15, 0.2) is 58.8 Å². The van der Waals surface area contributed by atoms with Crippen LogP contribution in [-0.4, -0.2) is 21.0 Å². The van der Waals surface area contributed by atoms with Crippen molar-refractivity contribution < 1.29 is 14.3 Å². The number of hydrogen-bond donors (Lipinski definition) is 3. The molecule has 0 aliphatic rings. The summed E-state index contributed by atoms with van der Waals surface area (Å²) in [5.74, 6) is -1.16. The van der Waals surface area contributed by atoms with Gasteiger partial charge in [-0.2, -0.15) is 0 Å². The molecule has 0 fully saturated rings. The highest BCUT2D eigenvalue weighted by Crippen LogP contribution is 2.35. The van der Waals surface area contributed by atoms with Crippen LogP contribution < -0.4 is 0 Å². The number of azo groups is 1. The van der Waals surface area contributed by atoms with E-state index in [4.69, 9.17) is 0 Å². The molecule has 0 spiro atoms. The summed E-state index contributed by atoms with van der Waals surface area (Å²) in [6, 6.07) is 12.8. The lowest BCUT2D eigenvalue weighted by Crippen LogP contribution is -1.92. The Hall–Kier alpha value is -3.48. The van der Waals surface area contributed by atoms with Gasteiger partial charge in [0, 0.05) is 16.3 Å². The second-order valence-corrected chi connectivity index (χ2v) is 5.29. The monoisotopic (exact) mass is 322 g/mol. The topological polar surface area (TPSA) is 93.6 Å². The smallest absolute Gasteiger partial charge is 0.311 e. The first-order valence-corrected chi connectivity index (χ1v) is 7.16. The molecule has 4 rings (SSSR count). The summed E-state index contributed by atoms with van der Waals surface area (Å²) in [7, 11) is 0. The van der Waals surface area contributed by atoms with E-state index in [-0.39, 0.29) is 23.1 Å². The quantitative estimate of drug-likeness (QED) is 0.477. The molecule has 4 aromatic rings. The molecule has 24 heavy (non-hydrogen) atoms. The van der Waals surface area contributed by atoms with Crippen LogP contribution in [0.4, 0.5) is 10.1 Å². The summed E-state index contributed by atoms with van der Waals surface area (Å²) in [4.78, 5) is 17.8. The number of benzene rings is 2. The number of aromatic amines is 2. The number of aromatic hydroxyl groups is 1. The largest absolute Gasteiger partial charge is 0.493 e. The minimum Gasteiger partial charge on any atom is -0.493 e. The van der Waals surface area contributed by atoms with Crippen LogP contribution in [0.2, 0.25) is 0 Å². The molecule has 3 N–H and O–H groups in total. The van der Waals surface area contributed by atoms with Gasteiger partial charge in [0.2, 0.25) is 5.88 Å². The minimum absolute atomic E-state index is 0.161. The number of amides is 1. The number of carbonyl (C=O) groups is 1. The Morgan fingerprint density at radius 1 is 1.04 bits per heavy atom. The van der Waals surface area contributed by atoms with Crippen LogP contribution in [-0.2, 0) is 0 Å². The van der Waals surface area contributed by atoms with Crippen LogP contribution in [0, 0.1) is 5.82 Å². The maximum atomic E-state index is 13.2. The number of para-hydroxylation sites is 1. The Morgan fingerprint density at radius 3 is 2.75 bits per heavy atom. The summed E-state index contributed by atoms with van der Waals surface area (Å²) in [5.41, 5.74) is 1.71. The van der Waals surface area contributed by atoms with Crippen LogP contribution in [0.1, 0.15) is 10.5 Å². The molecule has 2 heterocycles. The number of aromatic nitrogens is 2. The summed E-state index contributed by atoms with van der Waals surface area (Å²) in [5, 5.41) is 18.6. The number of nitrogens with zero attached hydrogens (tertiary/aromatic N) is 2. The Morgan fingerprint density at radius 2 is 1.88 bits per heavy atom. The summed E-state index contributed by atoms with van der Waals surface area (Å²) >= 11 is 0. The average molecular weight is 322 g/mol. The lowest BCUT2D eigenvalue weighted by molar-refractivity contribution is 0.0991. The van der Waals surface area contributed by atoms with Gasteiger partial charge in [0.05, 0.1) is 5.52 Å². The van der Waals surface area contributed by atoms with Gasteiger partial charge >= 0.3 is 5.91 Å². The molecule has 7 heteroatoms. The molecular formula is C17H11FN4O2. The van der Waals surface area contributed by atoms with Crippen molar-refractivity contribution in [1.29, 1.82) is 0 Å². The minimum atomic E-state index is -0.615. The van der Waals surface area contributed by atoms with Gasteiger partial charge in [0.15, 0.2) is 5.69 Å². The van der Waals surface area contributed by atoms with Gasteiger partial charge < -0.3 is 15.1 Å². The maximum Gasteiger partial charge on any atom is 0.311 e. The van der Waals surface area contributed by atoms with E-state index in [1.165, 1.54) is 18.2 Å². The number of fused-ring (bicyclic) bond motifs is 2. The SMILES string of the molecule is O=C(N=Nc1c(O)[nH]c2ccccc12)c1cc2cc(F)ccc2[nH]1. The zero-order valence-corrected chi connectivity index (χ0v) is 12.2. The van der Waals surface area contributed by atoms with Crippen molar-refractivity contribution in [3.63, 3.8) is 0 Å². The van der Waals surface area contributed by atoms with Crippen molar-refractivity contribution in [2.45, 2.75) is 0 Å². The van der Waals surface area contributed by atoms with Crippen LogP contribution in [0.3, 0.4) is 0 Å². The molecule has 0 aliphatic heterocycles. The molecule has 2 aromatic heterocycles. The van der Waals surface area contributed by atoms with Gasteiger partial charge in [-0.25, -0.2) is 4.39 Å². The Bertz CT molecular complexity index is 1110. The fourth-order valence-electron chi connectivity index (χ4n) is 2.58. The molecule has 6 nitrogen and oxygen atoms in total. The number of hydrogen-bond acceptors (Lipinski definition) is 3. The molecule has 0 radical (unpaired) electrons. The van der Waals surface area contributed by atoms with Gasteiger partial charge in [0.25, 0.3) is 0 Å². The number of halogens is 1. The second kappa shape index (κ2) is 5.31. The van der Waals surface area contributed by atoms with Crippen LogP contribution in [0.5, 0.6) is 5.88 Å². The van der Waals surface area contributed by atoms with Gasteiger partial charge in [-0.05, 0) is 30.3 Å². The lowest BCUT2D eigenvalue weighted by atomic mass is 10.2.